The van der Waals surface area contributed by atoms with Crippen LogP contribution in [0.15, 0.2) is 29.8 Å². The van der Waals surface area contributed by atoms with E-state index in [1.54, 1.807) is 12.1 Å². The number of ether oxygens (including phenoxy) is 1. The number of aliphatic hydroxyl groups is 2. The molecule has 0 heterocycles. The fraction of sp³-hybridized carbons (Fsp3) is 0.591. The maximum absolute atomic E-state index is 12.3. The summed E-state index contributed by atoms with van der Waals surface area (Å²) in [6.07, 6.45) is 8.25. The summed E-state index contributed by atoms with van der Waals surface area (Å²) in [7, 11) is 0. The average molecular weight is 376 g/mol. The Labute approximate surface area is 161 Å². The van der Waals surface area contributed by atoms with Gasteiger partial charge in [-0.05, 0) is 80.2 Å². The molecule has 0 radical (unpaired) electrons. The minimum atomic E-state index is -0.164. The van der Waals surface area contributed by atoms with Gasteiger partial charge in [0.15, 0.2) is 17.3 Å². The van der Waals surface area contributed by atoms with Gasteiger partial charge in [-0.1, -0.05) is 13.0 Å². The molecule has 1 atom stereocenters. The number of aryl methyl sites for hydroxylation is 1. The summed E-state index contributed by atoms with van der Waals surface area (Å²) in [6.45, 7) is 1.86. The molecule has 3 N–H and O–H groups in total. The smallest absolute Gasteiger partial charge is 0.161 e. The summed E-state index contributed by atoms with van der Waals surface area (Å²) < 4.78 is 5.90. The molecular weight excluding hydrogens is 344 g/mol. The van der Waals surface area contributed by atoms with Crippen LogP contribution in [-0.4, -0.2) is 40.4 Å². The number of phenols is 1. The summed E-state index contributed by atoms with van der Waals surface area (Å²) in [4.78, 5) is 12.3. The van der Waals surface area contributed by atoms with Crippen LogP contribution in [0.3, 0.4) is 0 Å². The molecule has 1 aromatic carbocycles. The van der Waals surface area contributed by atoms with Crippen molar-refractivity contribution in [1.29, 1.82) is 0 Å². The minimum Gasteiger partial charge on any atom is -0.504 e. The SMILES string of the molecule is CC[C@@H](CCO)C(=CC(=O)CCc1ccc(O)c(OC2CCCC2)c1)CO. The van der Waals surface area contributed by atoms with Crippen molar-refractivity contribution in [3.63, 3.8) is 0 Å². The Balaban J connectivity index is 1.96. The van der Waals surface area contributed by atoms with Crippen molar-refractivity contribution in [3.8, 4) is 11.5 Å². The van der Waals surface area contributed by atoms with Crippen LogP contribution in [-0.2, 0) is 11.2 Å². The van der Waals surface area contributed by atoms with Crippen LogP contribution in [0.4, 0.5) is 0 Å². The zero-order valence-corrected chi connectivity index (χ0v) is 16.2. The maximum atomic E-state index is 12.3. The van der Waals surface area contributed by atoms with Crippen molar-refractivity contribution < 1.29 is 24.9 Å². The number of benzene rings is 1. The van der Waals surface area contributed by atoms with Crippen molar-refractivity contribution >= 4 is 5.78 Å². The third-order valence-electron chi connectivity index (χ3n) is 5.30. The van der Waals surface area contributed by atoms with Crippen molar-refractivity contribution in [3.05, 3.63) is 35.4 Å². The number of rotatable bonds is 11. The number of carbonyl (C=O) groups is 1. The van der Waals surface area contributed by atoms with Crippen molar-refractivity contribution in [2.45, 2.75) is 64.4 Å². The molecule has 27 heavy (non-hydrogen) atoms. The Bertz CT molecular complexity index is 632. The van der Waals surface area contributed by atoms with Crippen LogP contribution >= 0.6 is 0 Å². The summed E-state index contributed by atoms with van der Waals surface area (Å²) in [5, 5.41) is 28.7. The number of phenolic OH excluding ortho intramolecular Hbond substituents is 1. The molecule has 0 amide bonds. The van der Waals surface area contributed by atoms with E-state index in [9.17, 15) is 15.0 Å². The first-order chi connectivity index (χ1) is 13.1. The van der Waals surface area contributed by atoms with Gasteiger partial charge in [0.25, 0.3) is 0 Å². The van der Waals surface area contributed by atoms with Gasteiger partial charge in [0, 0.05) is 13.0 Å². The van der Waals surface area contributed by atoms with Crippen molar-refractivity contribution in [2.75, 3.05) is 13.2 Å². The molecular formula is C22H32O5. The summed E-state index contributed by atoms with van der Waals surface area (Å²) in [6, 6.07) is 5.24. The molecule has 0 unspecified atom stereocenters. The lowest BCUT2D eigenvalue weighted by Crippen LogP contribution is -2.12. The van der Waals surface area contributed by atoms with Gasteiger partial charge in [-0.25, -0.2) is 0 Å². The van der Waals surface area contributed by atoms with Crippen LogP contribution in [0.2, 0.25) is 0 Å². The molecule has 0 bridgehead atoms. The Morgan fingerprint density at radius 2 is 2.04 bits per heavy atom. The van der Waals surface area contributed by atoms with E-state index in [0.29, 0.717) is 30.6 Å². The number of allylic oxidation sites excluding steroid dienone is 1. The number of hydrogen-bond donors (Lipinski definition) is 3. The van der Waals surface area contributed by atoms with Crippen LogP contribution in [0.5, 0.6) is 11.5 Å². The highest BCUT2D eigenvalue weighted by atomic mass is 16.5. The standard InChI is InChI=1S/C22H32O5/c1-2-17(11-12-23)18(15-24)14-19(25)9-7-16-8-10-21(26)22(13-16)27-20-5-3-4-6-20/h8,10,13-14,17,20,23-24,26H,2-7,9,11-12,15H2,1H3/t17-/m0/s1. The fourth-order valence-corrected chi connectivity index (χ4v) is 3.64. The monoisotopic (exact) mass is 376 g/mol. The zero-order valence-electron chi connectivity index (χ0n) is 16.2. The second kappa shape index (κ2) is 11.1. The second-order valence-corrected chi connectivity index (χ2v) is 7.29. The lowest BCUT2D eigenvalue weighted by Gasteiger charge is -2.16. The summed E-state index contributed by atoms with van der Waals surface area (Å²) in [5.74, 6) is 0.618. The average Bonchev–Trinajstić information content (AvgIpc) is 3.18. The third kappa shape index (κ3) is 6.67. The number of aliphatic hydroxyl groups excluding tert-OH is 2. The Morgan fingerprint density at radius 1 is 1.30 bits per heavy atom. The largest absolute Gasteiger partial charge is 0.504 e. The molecule has 1 aliphatic rings. The molecule has 0 saturated heterocycles. The van der Waals surface area contributed by atoms with E-state index in [-0.39, 0.29) is 36.8 Å². The van der Waals surface area contributed by atoms with Gasteiger partial charge in [-0.2, -0.15) is 0 Å². The van der Waals surface area contributed by atoms with E-state index in [1.807, 2.05) is 13.0 Å². The van der Waals surface area contributed by atoms with Gasteiger partial charge in [0.2, 0.25) is 0 Å². The molecule has 150 valence electrons. The first kappa shape index (κ1) is 21.5. The second-order valence-electron chi connectivity index (χ2n) is 7.29. The fourth-order valence-electron chi connectivity index (χ4n) is 3.64. The highest BCUT2D eigenvalue weighted by molar-refractivity contribution is 5.90. The molecule has 0 aliphatic heterocycles. The van der Waals surface area contributed by atoms with Gasteiger partial charge in [-0.3, -0.25) is 4.79 Å². The Morgan fingerprint density at radius 3 is 2.67 bits per heavy atom. The molecule has 0 aromatic heterocycles. The van der Waals surface area contributed by atoms with Crippen LogP contribution < -0.4 is 4.74 Å². The van der Waals surface area contributed by atoms with E-state index < -0.39 is 0 Å². The number of carbonyl (C=O) groups excluding carboxylic acids is 1. The lowest BCUT2D eigenvalue weighted by molar-refractivity contribution is -0.114. The predicted molar refractivity (Wildman–Crippen MR) is 105 cm³/mol. The topological polar surface area (TPSA) is 87.0 Å². The van der Waals surface area contributed by atoms with E-state index >= 15 is 0 Å². The van der Waals surface area contributed by atoms with E-state index in [1.165, 1.54) is 6.08 Å². The first-order valence-corrected chi connectivity index (χ1v) is 10.0. The number of ketones is 1. The summed E-state index contributed by atoms with van der Waals surface area (Å²) in [5.41, 5.74) is 1.63. The molecule has 1 aliphatic carbocycles. The normalized spacial score (nSPS) is 16.5. The minimum absolute atomic E-state index is 0.0315. The van der Waals surface area contributed by atoms with E-state index in [2.05, 4.69) is 0 Å². The highest BCUT2D eigenvalue weighted by Crippen LogP contribution is 2.32. The molecule has 1 fully saturated rings. The van der Waals surface area contributed by atoms with Gasteiger partial charge in [-0.15, -0.1) is 0 Å². The van der Waals surface area contributed by atoms with Crippen LogP contribution in [0.1, 0.15) is 57.4 Å². The van der Waals surface area contributed by atoms with Crippen molar-refractivity contribution in [1.82, 2.24) is 0 Å². The lowest BCUT2D eigenvalue weighted by atomic mass is 9.92. The number of aromatic hydroxyl groups is 1. The molecule has 1 aromatic rings. The van der Waals surface area contributed by atoms with E-state index in [4.69, 9.17) is 9.84 Å². The zero-order chi connectivity index (χ0) is 19.6. The Hall–Kier alpha value is -1.85. The first-order valence-electron chi connectivity index (χ1n) is 10.0. The van der Waals surface area contributed by atoms with Crippen molar-refractivity contribution in [2.24, 2.45) is 5.92 Å². The van der Waals surface area contributed by atoms with Gasteiger partial charge < -0.3 is 20.1 Å². The third-order valence-corrected chi connectivity index (χ3v) is 5.30. The predicted octanol–water partition coefficient (Wildman–Crippen LogP) is 3.54. The number of hydrogen-bond acceptors (Lipinski definition) is 5. The molecule has 1 saturated carbocycles. The van der Waals surface area contributed by atoms with Crippen LogP contribution in [0, 0.1) is 5.92 Å². The quantitative estimate of drug-likeness (QED) is 0.514. The highest BCUT2D eigenvalue weighted by Gasteiger charge is 2.18. The molecule has 5 heteroatoms. The maximum Gasteiger partial charge on any atom is 0.161 e. The van der Waals surface area contributed by atoms with Crippen LogP contribution in [0.25, 0.3) is 0 Å². The molecule has 5 nitrogen and oxygen atoms in total. The van der Waals surface area contributed by atoms with Gasteiger partial charge in [0.05, 0.1) is 12.7 Å². The van der Waals surface area contributed by atoms with E-state index in [0.717, 1.165) is 37.7 Å². The Kier molecular flexibility index (Phi) is 8.82. The van der Waals surface area contributed by atoms with Gasteiger partial charge in [0.1, 0.15) is 0 Å². The molecule has 0 spiro atoms. The van der Waals surface area contributed by atoms with Gasteiger partial charge >= 0.3 is 0 Å². The molecule has 2 rings (SSSR count). The summed E-state index contributed by atoms with van der Waals surface area (Å²) >= 11 is 0.